The molecular weight excluding hydrogens is 212 g/mol. The Bertz CT molecular complexity index is 466. The molecule has 0 aliphatic carbocycles. The van der Waals surface area contributed by atoms with Crippen LogP contribution in [0.15, 0.2) is 6.33 Å². The zero-order valence-electron chi connectivity index (χ0n) is 8.17. The first-order valence-corrected chi connectivity index (χ1v) is 4.23. The quantitative estimate of drug-likeness (QED) is 0.488. The second kappa shape index (κ2) is 5.46. The Labute approximate surface area is 90.8 Å². The van der Waals surface area contributed by atoms with E-state index in [4.69, 9.17) is 16.4 Å². The molecule has 0 radical (unpaired) electrons. The Morgan fingerprint density at radius 3 is 2.94 bits per heavy atom. The van der Waals surface area contributed by atoms with Crippen LogP contribution in [0.2, 0.25) is 0 Å². The molecule has 0 aliphatic rings. The standard InChI is InChI=1S/C8H8N6O2/c9-3-6-7(4-10)14(5-12-6)2-1-8(15)16-13-11/h5,13H,1-2,11H2. The summed E-state index contributed by atoms with van der Waals surface area (Å²) in [5.74, 6) is 4.20. The van der Waals surface area contributed by atoms with Crippen LogP contribution in [0.25, 0.3) is 0 Å². The minimum Gasteiger partial charge on any atom is -0.356 e. The monoisotopic (exact) mass is 220 g/mol. The number of nitrogens with zero attached hydrogens (tertiary/aromatic N) is 4. The van der Waals surface area contributed by atoms with E-state index >= 15 is 0 Å². The van der Waals surface area contributed by atoms with E-state index in [1.807, 2.05) is 6.07 Å². The molecule has 0 fully saturated rings. The summed E-state index contributed by atoms with van der Waals surface area (Å²) in [6.07, 6.45) is 1.33. The number of hydrazine groups is 1. The van der Waals surface area contributed by atoms with E-state index < -0.39 is 5.97 Å². The third-order valence-electron chi connectivity index (χ3n) is 1.78. The average Bonchev–Trinajstić information content (AvgIpc) is 2.68. The van der Waals surface area contributed by atoms with Gasteiger partial charge >= 0.3 is 5.97 Å². The molecule has 0 atom stereocenters. The van der Waals surface area contributed by atoms with Crippen LogP contribution in [0, 0.1) is 22.7 Å². The molecule has 0 bridgehead atoms. The van der Waals surface area contributed by atoms with E-state index in [0.717, 1.165) is 0 Å². The van der Waals surface area contributed by atoms with Crippen molar-refractivity contribution in [3.63, 3.8) is 0 Å². The Hall–Kier alpha value is -2.42. The number of imidazole rings is 1. The fourth-order valence-corrected chi connectivity index (χ4v) is 1.08. The molecule has 8 nitrogen and oxygen atoms in total. The van der Waals surface area contributed by atoms with Crippen LogP contribution in [0.1, 0.15) is 17.8 Å². The summed E-state index contributed by atoms with van der Waals surface area (Å²) >= 11 is 0. The maximum Gasteiger partial charge on any atom is 0.328 e. The first-order valence-electron chi connectivity index (χ1n) is 4.23. The molecule has 8 heteroatoms. The van der Waals surface area contributed by atoms with E-state index in [1.165, 1.54) is 10.9 Å². The van der Waals surface area contributed by atoms with E-state index in [0.29, 0.717) is 0 Å². The Kier molecular flexibility index (Phi) is 3.98. The molecule has 16 heavy (non-hydrogen) atoms. The fraction of sp³-hybridized carbons (Fsp3) is 0.250. The van der Waals surface area contributed by atoms with Crippen molar-refractivity contribution < 1.29 is 9.63 Å². The van der Waals surface area contributed by atoms with Gasteiger partial charge in [-0.3, -0.25) is 4.79 Å². The van der Waals surface area contributed by atoms with Gasteiger partial charge in [0.15, 0.2) is 11.4 Å². The van der Waals surface area contributed by atoms with Crippen LogP contribution in [0.4, 0.5) is 0 Å². The van der Waals surface area contributed by atoms with Crippen LogP contribution in [-0.2, 0) is 16.2 Å². The third-order valence-corrected chi connectivity index (χ3v) is 1.78. The van der Waals surface area contributed by atoms with Gasteiger partial charge in [0.1, 0.15) is 12.1 Å². The highest BCUT2D eigenvalue weighted by Crippen LogP contribution is 2.05. The molecule has 1 aromatic rings. The fourth-order valence-electron chi connectivity index (χ4n) is 1.08. The molecule has 0 aromatic carbocycles. The Morgan fingerprint density at radius 1 is 1.62 bits per heavy atom. The van der Waals surface area contributed by atoms with Gasteiger partial charge in [0.05, 0.1) is 12.7 Å². The first kappa shape index (κ1) is 11.7. The smallest absolute Gasteiger partial charge is 0.328 e. The number of carbonyl (C=O) groups is 1. The largest absolute Gasteiger partial charge is 0.356 e. The summed E-state index contributed by atoms with van der Waals surface area (Å²) < 4.78 is 1.40. The van der Waals surface area contributed by atoms with Crippen molar-refractivity contribution in [2.75, 3.05) is 0 Å². The summed E-state index contributed by atoms with van der Waals surface area (Å²) in [6.45, 7) is 0.193. The topological polar surface area (TPSA) is 130 Å². The normalized spacial score (nSPS) is 9.19. The van der Waals surface area contributed by atoms with Gasteiger partial charge in [0.25, 0.3) is 0 Å². The molecule has 0 amide bonds. The average molecular weight is 220 g/mol. The molecule has 1 rings (SSSR count). The van der Waals surface area contributed by atoms with Crippen LogP contribution >= 0.6 is 0 Å². The van der Waals surface area contributed by atoms with Crippen molar-refractivity contribution >= 4 is 5.97 Å². The number of nitriles is 2. The lowest BCUT2D eigenvalue weighted by atomic mass is 10.3. The molecule has 0 aliphatic heterocycles. The molecule has 1 heterocycles. The van der Waals surface area contributed by atoms with Crippen LogP contribution < -0.4 is 11.4 Å². The van der Waals surface area contributed by atoms with Gasteiger partial charge in [-0.2, -0.15) is 10.5 Å². The molecule has 3 N–H and O–H groups in total. The van der Waals surface area contributed by atoms with Crippen molar-refractivity contribution in [3.8, 4) is 12.1 Å². The van der Waals surface area contributed by atoms with Gasteiger partial charge in [0, 0.05) is 6.54 Å². The second-order valence-corrected chi connectivity index (χ2v) is 2.70. The van der Waals surface area contributed by atoms with Crippen molar-refractivity contribution in [1.82, 2.24) is 15.1 Å². The van der Waals surface area contributed by atoms with Crippen LogP contribution in [-0.4, -0.2) is 15.5 Å². The lowest BCUT2D eigenvalue weighted by molar-refractivity contribution is -0.151. The number of nitrogens with two attached hydrogens (primary N) is 1. The maximum atomic E-state index is 10.9. The van der Waals surface area contributed by atoms with Gasteiger partial charge in [-0.1, -0.05) is 5.59 Å². The lowest BCUT2D eigenvalue weighted by Gasteiger charge is -2.02. The number of aryl methyl sites for hydroxylation is 1. The molecule has 0 saturated carbocycles. The highest BCUT2D eigenvalue weighted by atomic mass is 16.7. The number of rotatable bonds is 4. The lowest BCUT2D eigenvalue weighted by Crippen LogP contribution is -2.26. The number of hydrogen-bond donors (Lipinski definition) is 2. The first-order chi connectivity index (χ1) is 7.72. The zero-order valence-corrected chi connectivity index (χ0v) is 8.17. The molecule has 82 valence electrons. The minimum absolute atomic E-state index is 0.0140. The van der Waals surface area contributed by atoms with Gasteiger partial charge in [-0.05, 0) is 0 Å². The third kappa shape index (κ3) is 2.54. The van der Waals surface area contributed by atoms with Crippen molar-refractivity contribution in [3.05, 3.63) is 17.7 Å². The molecule has 0 unspecified atom stereocenters. The molecule has 0 spiro atoms. The number of carbonyl (C=O) groups excluding carboxylic acids is 1. The van der Waals surface area contributed by atoms with Gasteiger partial charge in [-0.25, -0.2) is 10.8 Å². The Balaban J connectivity index is 2.69. The van der Waals surface area contributed by atoms with E-state index in [1.54, 1.807) is 11.7 Å². The predicted octanol–water partition coefficient (Wildman–Crippen LogP) is -1.06. The number of nitrogens with one attached hydrogen (secondary N) is 1. The number of aromatic nitrogens is 2. The van der Waals surface area contributed by atoms with Crippen molar-refractivity contribution in [1.29, 1.82) is 10.5 Å². The molecular formula is C8H8N6O2. The van der Waals surface area contributed by atoms with E-state index in [2.05, 4.69) is 9.82 Å². The van der Waals surface area contributed by atoms with E-state index in [-0.39, 0.29) is 24.4 Å². The van der Waals surface area contributed by atoms with E-state index in [9.17, 15) is 4.79 Å². The summed E-state index contributed by atoms with van der Waals surface area (Å²) in [5, 5.41) is 17.4. The maximum absolute atomic E-state index is 10.9. The molecule has 0 saturated heterocycles. The zero-order chi connectivity index (χ0) is 12.0. The van der Waals surface area contributed by atoms with Crippen LogP contribution in [0.3, 0.4) is 0 Å². The summed E-state index contributed by atoms with van der Waals surface area (Å²) in [5.41, 5.74) is 1.91. The van der Waals surface area contributed by atoms with Crippen molar-refractivity contribution in [2.24, 2.45) is 5.84 Å². The van der Waals surface area contributed by atoms with Gasteiger partial charge < -0.3 is 9.40 Å². The Morgan fingerprint density at radius 2 is 2.38 bits per heavy atom. The highest BCUT2D eigenvalue weighted by molar-refractivity contribution is 5.68. The molecule has 1 aromatic heterocycles. The SMILES string of the molecule is N#Cc1ncn(CCC(=O)ONN)c1C#N. The van der Waals surface area contributed by atoms with Crippen molar-refractivity contribution in [2.45, 2.75) is 13.0 Å². The highest BCUT2D eigenvalue weighted by Gasteiger charge is 2.11. The summed E-state index contributed by atoms with van der Waals surface area (Å²) in [4.78, 5) is 18.9. The second-order valence-electron chi connectivity index (χ2n) is 2.70. The number of hydrogen-bond acceptors (Lipinski definition) is 7. The van der Waals surface area contributed by atoms with Gasteiger partial charge in [0.2, 0.25) is 0 Å². The van der Waals surface area contributed by atoms with Crippen LogP contribution in [0.5, 0.6) is 0 Å². The van der Waals surface area contributed by atoms with Gasteiger partial charge in [-0.15, -0.1) is 0 Å². The predicted molar refractivity (Wildman–Crippen MR) is 49.7 cm³/mol. The minimum atomic E-state index is -0.571. The summed E-state index contributed by atoms with van der Waals surface area (Å²) in [6, 6.07) is 3.61. The summed E-state index contributed by atoms with van der Waals surface area (Å²) in [7, 11) is 0.